The van der Waals surface area contributed by atoms with E-state index in [2.05, 4.69) is 4.18 Å². The Morgan fingerprint density at radius 2 is 1.30 bits per heavy atom. The molecule has 0 heterocycles. The predicted molar refractivity (Wildman–Crippen MR) is 98.6 cm³/mol. The third-order valence-corrected chi connectivity index (χ3v) is 4.29. The van der Waals surface area contributed by atoms with E-state index in [1.807, 2.05) is 0 Å². The summed E-state index contributed by atoms with van der Waals surface area (Å²) in [6.45, 7) is 9.96. The lowest BCUT2D eigenvalue weighted by Crippen LogP contribution is -2.43. The molecule has 9 heteroatoms. The molecule has 0 N–H and O–H groups in total. The van der Waals surface area contributed by atoms with Gasteiger partial charge in [0, 0.05) is 0 Å². The molecule has 27 heavy (non-hydrogen) atoms. The molecule has 1 aromatic rings. The molecule has 1 rings (SSSR count). The fourth-order valence-electron chi connectivity index (χ4n) is 1.88. The third kappa shape index (κ3) is 7.56. The van der Waals surface area contributed by atoms with Gasteiger partial charge in [0.2, 0.25) is 0 Å². The Morgan fingerprint density at radius 3 is 1.63 bits per heavy atom. The molecular formula is C18H27NO7S. The Hall–Kier alpha value is -2.13. The maximum Gasteiger partial charge on any atom is 0.420 e. The van der Waals surface area contributed by atoms with Crippen LogP contribution in [-0.2, 0) is 30.3 Å². The maximum absolute atomic E-state index is 12.5. The first-order chi connectivity index (χ1) is 12.1. The van der Waals surface area contributed by atoms with Crippen LogP contribution in [0.2, 0.25) is 0 Å². The monoisotopic (exact) mass is 401 g/mol. The van der Waals surface area contributed by atoms with Gasteiger partial charge >= 0.3 is 12.2 Å². The smallest absolute Gasteiger partial charge is 0.420 e. The van der Waals surface area contributed by atoms with Crippen molar-refractivity contribution in [2.45, 2.75) is 64.2 Å². The number of imide groups is 1. The van der Waals surface area contributed by atoms with Gasteiger partial charge in [-0.1, -0.05) is 12.1 Å². The Kier molecular flexibility index (Phi) is 7.01. The van der Waals surface area contributed by atoms with Gasteiger partial charge in [-0.3, -0.25) is 4.18 Å². The van der Waals surface area contributed by atoms with Crippen molar-refractivity contribution in [1.82, 2.24) is 4.90 Å². The van der Waals surface area contributed by atoms with E-state index in [1.54, 1.807) is 41.5 Å². The molecule has 8 nitrogen and oxygen atoms in total. The van der Waals surface area contributed by atoms with Gasteiger partial charge in [0.25, 0.3) is 10.1 Å². The van der Waals surface area contributed by atoms with Gasteiger partial charge in [0.15, 0.2) is 0 Å². The normalized spacial score (nSPS) is 12.4. The standard InChI is InChI=1S/C18H27NO7S/c1-17(2,3)25-15(20)19(16(21)26-18(4,5)6)12-13-8-10-14(11-9-13)27(22,23)24-7/h8-11H,12H2,1-7H3. The number of nitrogens with zero attached hydrogens (tertiary/aromatic N) is 1. The van der Waals surface area contributed by atoms with Crippen molar-refractivity contribution in [3.8, 4) is 0 Å². The second-order valence-corrected chi connectivity index (χ2v) is 9.52. The van der Waals surface area contributed by atoms with Crippen LogP contribution in [-0.4, -0.2) is 43.8 Å². The Balaban J connectivity index is 3.09. The van der Waals surface area contributed by atoms with Crippen LogP contribution in [0.1, 0.15) is 47.1 Å². The highest BCUT2D eigenvalue weighted by Gasteiger charge is 2.31. The van der Waals surface area contributed by atoms with E-state index >= 15 is 0 Å². The van der Waals surface area contributed by atoms with Gasteiger partial charge in [-0.15, -0.1) is 0 Å². The Morgan fingerprint density at radius 1 is 0.889 bits per heavy atom. The van der Waals surface area contributed by atoms with E-state index in [-0.39, 0.29) is 11.4 Å². The number of carbonyl (C=O) groups excluding carboxylic acids is 2. The first-order valence-electron chi connectivity index (χ1n) is 8.28. The molecule has 0 fully saturated rings. The maximum atomic E-state index is 12.5. The summed E-state index contributed by atoms with van der Waals surface area (Å²) >= 11 is 0. The average molecular weight is 401 g/mol. The average Bonchev–Trinajstić information content (AvgIpc) is 2.49. The number of hydrogen-bond acceptors (Lipinski definition) is 7. The van der Waals surface area contributed by atoms with Crippen molar-refractivity contribution in [3.63, 3.8) is 0 Å². The minimum Gasteiger partial charge on any atom is -0.443 e. The van der Waals surface area contributed by atoms with E-state index in [4.69, 9.17) is 9.47 Å². The molecule has 0 spiro atoms. The zero-order valence-electron chi connectivity index (χ0n) is 16.7. The summed E-state index contributed by atoms with van der Waals surface area (Å²) in [7, 11) is -2.76. The van der Waals surface area contributed by atoms with Crippen molar-refractivity contribution in [2.75, 3.05) is 7.11 Å². The van der Waals surface area contributed by atoms with Crippen LogP contribution in [0.5, 0.6) is 0 Å². The number of ether oxygens (including phenoxy) is 2. The van der Waals surface area contributed by atoms with Crippen LogP contribution in [0.25, 0.3) is 0 Å². The second-order valence-electron chi connectivity index (χ2n) is 7.81. The predicted octanol–water partition coefficient (Wildman–Crippen LogP) is 3.69. The van der Waals surface area contributed by atoms with Crippen LogP contribution >= 0.6 is 0 Å². The number of rotatable bonds is 4. The van der Waals surface area contributed by atoms with Gasteiger partial charge in [0.1, 0.15) is 11.2 Å². The first-order valence-corrected chi connectivity index (χ1v) is 9.68. The molecular weight excluding hydrogens is 374 g/mol. The minimum absolute atomic E-state index is 0.0326. The third-order valence-electron chi connectivity index (χ3n) is 3.00. The zero-order chi connectivity index (χ0) is 21.0. The van der Waals surface area contributed by atoms with Crippen molar-refractivity contribution in [2.24, 2.45) is 0 Å². The molecule has 0 aliphatic rings. The summed E-state index contributed by atoms with van der Waals surface area (Å²) < 4.78 is 38.4. The summed E-state index contributed by atoms with van der Waals surface area (Å²) in [6, 6.07) is 5.62. The fraction of sp³-hybridized carbons (Fsp3) is 0.556. The van der Waals surface area contributed by atoms with Gasteiger partial charge in [-0.05, 0) is 59.2 Å². The van der Waals surface area contributed by atoms with E-state index < -0.39 is 33.5 Å². The number of benzene rings is 1. The van der Waals surface area contributed by atoms with Crippen molar-refractivity contribution >= 4 is 22.3 Å². The number of amides is 2. The van der Waals surface area contributed by atoms with Gasteiger partial charge in [-0.2, -0.15) is 8.42 Å². The first kappa shape index (κ1) is 22.9. The quantitative estimate of drug-likeness (QED) is 0.709. The lowest BCUT2D eigenvalue weighted by Gasteiger charge is -2.28. The lowest BCUT2D eigenvalue weighted by molar-refractivity contribution is -0.000258. The van der Waals surface area contributed by atoms with Gasteiger partial charge < -0.3 is 9.47 Å². The van der Waals surface area contributed by atoms with Gasteiger partial charge in [-0.25, -0.2) is 14.5 Å². The van der Waals surface area contributed by atoms with Crippen molar-refractivity contribution < 1.29 is 31.7 Å². The minimum atomic E-state index is -3.82. The molecule has 1 aromatic carbocycles. The highest BCUT2D eigenvalue weighted by molar-refractivity contribution is 7.86. The lowest BCUT2D eigenvalue weighted by atomic mass is 10.2. The molecule has 0 aromatic heterocycles. The van der Waals surface area contributed by atoms with Crippen LogP contribution in [0, 0.1) is 0 Å². The second kappa shape index (κ2) is 8.26. The van der Waals surface area contributed by atoms with E-state index in [0.717, 1.165) is 12.0 Å². The molecule has 0 saturated carbocycles. The summed E-state index contributed by atoms with van der Waals surface area (Å²) in [5, 5.41) is 0. The molecule has 0 saturated heterocycles. The number of carbonyl (C=O) groups is 2. The summed E-state index contributed by atoms with van der Waals surface area (Å²) in [5.74, 6) is 0. The van der Waals surface area contributed by atoms with Crippen molar-refractivity contribution in [3.05, 3.63) is 29.8 Å². The Bertz CT molecular complexity index is 743. The number of hydrogen-bond donors (Lipinski definition) is 0. The van der Waals surface area contributed by atoms with Crippen LogP contribution < -0.4 is 0 Å². The van der Waals surface area contributed by atoms with Crippen LogP contribution in [0.3, 0.4) is 0 Å². The van der Waals surface area contributed by atoms with E-state index in [9.17, 15) is 18.0 Å². The highest BCUT2D eigenvalue weighted by Crippen LogP contribution is 2.18. The van der Waals surface area contributed by atoms with E-state index in [0.29, 0.717) is 5.56 Å². The molecule has 0 radical (unpaired) electrons. The van der Waals surface area contributed by atoms with E-state index in [1.165, 1.54) is 24.3 Å². The largest absolute Gasteiger partial charge is 0.443 e. The molecule has 0 unspecified atom stereocenters. The molecule has 2 amide bonds. The van der Waals surface area contributed by atoms with Crippen LogP contribution in [0.15, 0.2) is 29.2 Å². The van der Waals surface area contributed by atoms with Crippen LogP contribution in [0.4, 0.5) is 9.59 Å². The Labute approximate surface area is 160 Å². The highest BCUT2D eigenvalue weighted by atomic mass is 32.2. The summed E-state index contributed by atoms with van der Waals surface area (Å²) in [5.41, 5.74) is -1.08. The van der Waals surface area contributed by atoms with Gasteiger partial charge in [0.05, 0.1) is 18.6 Å². The summed E-state index contributed by atoms with van der Waals surface area (Å²) in [4.78, 5) is 25.7. The molecule has 0 aliphatic heterocycles. The summed E-state index contributed by atoms with van der Waals surface area (Å²) in [6.07, 6.45) is -1.71. The SMILES string of the molecule is COS(=O)(=O)c1ccc(CN(C(=O)OC(C)(C)C)C(=O)OC(C)(C)C)cc1. The zero-order valence-corrected chi connectivity index (χ0v) is 17.5. The molecule has 152 valence electrons. The molecule has 0 aliphatic carbocycles. The fourth-order valence-corrected chi connectivity index (χ4v) is 2.54. The molecule has 0 bridgehead atoms. The van der Waals surface area contributed by atoms with Crippen molar-refractivity contribution in [1.29, 1.82) is 0 Å². The molecule has 0 atom stereocenters. The topological polar surface area (TPSA) is 99.2 Å².